The Bertz CT molecular complexity index is 374. The Kier molecular flexibility index (Phi) is 5.02. The second-order valence-corrected chi connectivity index (χ2v) is 5.72. The van der Waals surface area contributed by atoms with Crippen LogP contribution < -0.4 is 4.74 Å². The highest BCUT2D eigenvalue weighted by atomic mass is 79.9. The van der Waals surface area contributed by atoms with E-state index in [0.29, 0.717) is 6.61 Å². The van der Waals surface area contributed by atoms with Gasteiger partial charge in [-0.3, -0.25) is 0 Å². The van der Waals surface area contributed by atoms with Crippen LogP contribution in [0.3, 0.4) is 0 Å². The fourth-order valence-corrected chi connectivity index (χ4v) is 2.12. The summed E-state index contributed by atoms with van der Waals surface area (Å²) < 4.78 is 6.35. The average molecular weight is 301 g/mol. The van der Waals surface area contributed by atoms with Crippen molar-refractivity contribution in [2.75, 3.05) is 6.61 Å². The molecule has 2 nitrogen and oxygen atoms in total. The topological polar surface area (TPSA) is 29.5 Å². The van der Waals surface area contributed by atoms with Crippen molar-refractivity contribution in [3.05, 3.63) is 28.2 Å². The van der Waals surface area contributed by atoms with E-state index in [-0.39, 0.29) is 5.41 Å². The molecule has 0 amide bonds. The summed E-state index contributed by atoms with van der Waals surface area (Å²) in [5.74, 6) is 0.817. The molecule has 0 aliphatic heterocycles. The van der Waals surface area contributed by atoms with Crippen molar-refractivity contribution in [3.63, 3.8) is 0 Å². The molecule has 0 aliphatic carbocycles. The summed E-state index contributed by atoms with van der Waals surface area (Å²) in [4.78, 5) is 0. The van der Waals surface area contributed by atoms with Crippen LogP contribution in [0.1, 0.15) is 45.8 Å². The number of rotatable bonds is 5. The quantitative estimate of drug-likeness (QED) is 0.877. The molecular weight excluding hydrogens is 280 g/mol. The van der Waals surface area contributed by atoms with E-state index >= 15 is 0 Å². The van der Waals surface area contributed by atoms with Gasteiger partial charge in [-0.15, -0.1) is 0 Å². The van der Waals surface area contributed by atoms with E-state index in [2.05, 4.69) is 36.7 Å². The van der Waals surface area contributed by atoms with E-state index < -0.39 is 6.10 Å². The lowest BCUT2D eigenvalue weighted by atomic mass is 9.80. The SMILES string of the molecule is CCOc1ccc(C(O)C(C)(C)CC)cc1Br. The fraction of sp³-hybridized carbons (Fsp3) is 0.571. The fourth-order valence-electron chi connectivity index (χ4n) is 1.60. The normalized spacial score (nSPS) is 13.5. The van der Waals surface area contributed by atoms with Gasteiger partial charge < -0.3 is 9.84 Å². The molecule has 0 heterocycles. The second-order valence-electron chi connectivity index (χ2n) is 4.87. The molecule has 0 aromatic heterocycles. The van der Waals surface area contributed by atoms with Gasteiger partial charge in [0.25, 0.3) is 0 Å². The van der Waals surface area contributed by atoms with E-state index in [4.69, 9.17) is 4.74 Å². The van der Waals surface area contributed by atoms with Crippen LogP contribution >= 0.6 is 15.9 Å². The lowest BCUT2D eigenvalue weighted by Crippen LogP contribution is -2.20. The highest BCUT2D eigenvalue weighted by Crippen LogP contribution is 2.38. The molecule has 1 atom stereocenters. The maximum atomic E-state index is 10.3. The van der Waals surface area contributed by atoms with Crippen molar-refractivity contribution in [1.82, 2.24) is 0 Å². The molecule has 0 aliphatic rings. The molecule has 3 heteroatoms. The van der Waals surface area contributed by atoms with Crippen LogP contribution in [-0.4, -0.2) is 11.7 Å². The van der Waals surface area contributed by atoms with Crippen LogP contribution in [0.4, 0.5) is 0 Å². The standard InChI is InChI=1S/C14H21BrO2/c1-5-14(3,4)13(16)10-7-8-12(17-6-2)11(15)9-10/h7-9,13,16H,5-6H2,1-4H3. The Hall–Kier alpha value is -0.540. The van der Waals surface area contributed by atoms with Crippen molar-refractivity contribution < 1.29 is 9.84 Å². The van der Waals surface area contributed by atoms with Gasteiger partial charge in [0.2, 0.25) is 0 Å². The lowest BCUT2D eigenvalue weighted by molar-refractivity contribution is 0.0465. The molecule has 0 fully saturated rings. The van der Waals surface area contributed by atoms with Crippen molar-refractivity contribution in [2.24, 2.45) is 5.41 Å². The zero-order valence-electron chi connectivity index (χ0n) is 11.0. The van der Waals surface area contributed by atoms with Gasteiger partial charge in [0.05, 0.1) is 17.2 Å². The van der Waals surface area contributed by atoms with Crippen molar-refractivity contribution >= 4 is 15.9 Å². The number of aliphatic hydroxyl groups excluding tert-OH is 1. The predicted molar refractivity (Wildman–Crippen MR) is 74.3 cm³/mol. The van der Waals surface area contributed by atoms with Gasteiger partial charge in [-0.05, 0) is 52.4 Å². The summed E-state index contributed by atoms with van der Waals surface area (Å²) in [5.41, 5.74) is 0.805. The van der Waals surface area contributed by atoms with Crippen molar-refractivity contribution in [3.8, 4) is 5.75 Å². The molecule has 0 saturated heterocycles. The Morgan fingerprint density at radius 1 is 1.35 bits per heavy atom. The molecule has 17 heavy (non-hydrogen) atoms. The van der Waals surface area contributed by atoms with Gasteiger partial charge in [-0.2, -0.15) is 0 Å². The van der Waals surface area contributed by atoms with Crippen LogP contribution in [0, 0.1) is 5.41 Å². The summed E-state index contributed by atoms with van der Waals surface area (Å²) in [5, 5.41) is 10.3. The van der Waals surface area contributed by atoms with Gasteiger partial charge in [0.1, 0.15) is 5.75 Å². The predicted octanol–water partition coefficient (Wildman–Crippen LogP) is 4.32. The number of benzene rings is 1. The Labute approximate surface area is 112 Å². The minimum atomic E-state index is -0.459. The van der Waals surface area contributed by atoms with Crippen molar-refractivity contribution in [2.45, 2.75) is 40.2 Å². The molecule has 0 radical (unpaired) electrons. The Balaban J connectivity index is 2.97. The average Bonchev–Trinajstić information content (AvgIpc) is 2.31. The smallest absolute Gasteiger partial charge is 0.133 e. The van der Waals surface area contributed by atoms with Crippen LogP contribution in [-0.2, 0) is 0 Å². The Morgan fingerprint density at radius 2 is 2.00 bits per heavy atom. The first-order valence-electron chi connectivity index (χ1n) is 6.02. The highest BCUT2D eigenvalue weighted by Gasteiger charge is 2.27. The number of hydrogen-bond donors (Lipinski definition) is 1. The summed E-state index contributed by atoms with van der Waals surface area (Å²) >= 11 is 3.47. The second kappa shape index (κ2) is 5.87. The van der Waals surface area contributed by atoms with E-state index in [1.165, 1.54) is 0 Å². The molecule has 96 valence electrons. The maximum absolute atomic E-state index is 10.3. The van der Waals surface area contributed by atoms with E-state index in [1.54, 1.807) is 0 Å². The molecule has 1 N–H and O–H groups in total. The maximum Gasteiger partial charge on any atom is 0.133 e. The van der Waals surface area contributed by atoms with Crippen LogP contribution in [0.15, 0.2) is 22.7 Å². The molecule has 1 rings (SSSR count). The van der Waals surface area contributed by atoms with Gasteiger partial charge in [-0.25, -0.2) is 0 Å². The first kappa shape index (κ1) is 14.5. The molecule has 1 aromatic carbocycles. The Morgan fingerprint density at radius 3 is 2.47 bits per heavy atom. The third-order valence-electron chi connectivity index (χ3n) is 3.22. The zero-order valence-corrected chi connectivity index (χ0v) is 12.5. The highest BCUT2D eigenvalue weighted by molar-refractivity contribution is 9.10. The van der Waals surface area contributed by atoms with E-state index in [1.807, 2.05) is 25.1 Å². The summed E-state index contributed by atoms with van der Waals surface area (Å²) in [6.07, 6.45) is 0.471. The molecule has 0 saturated carbocycles. The minimum absolute atomic E-state index is 0.118. The van der Waals surface area contributed by atoms with Crippen molar-refractivity contribution in [1.29, 1.82) is 0 Å². The van der Waals surface area contributed by atoms with Gasteiger partial charge in [-0.1, -0.05) is 26.8 Å². The molecule has 1 aromatic rings. The van der Waals surface area contributed by atoms with E-state index in [0.717, 1.165) is 22.2 Å². The van der Waals surface area contributed by atoms with Gasteiger partial charge in [0.15, 0.2) is 0 Å². The lowest BCUT2D eigenvalue weighted by Gasteiger charge is -2.29. The first-order chi connectivity index (χ1) is 7.92. The summed E-state index contributed by atoms with van der Waals surface area (Å²) in [6.45, 7) is 8.83. The monoisotopic (exact) mass is 300 g/mol. The summed E-state index contributed by atoms with van der Waals surface area (Å²) in [6, 6.07) is 5.77. The number of aliphatic hydroxyl groups is 1. The largest absolute Gasteiger partial charge is 0.493 e. The zero-order chi connectivity index (χ0) is 13.1. The first-order valence-corrected chi connectivity index (χ1v) is 6.82. The number of halogens is 1. The minimum Gasteiger partial charge on any atom is -0.493 e. The number of ether oxygens (including phenoxy) is 1. The van der Waals surface area contributed by atoms with E-state index in [9.17, 15) is 5.11 Å². The molecule has 0 spiro atoms. The molecular formula is C14H21BrO2. The number of hydrogen-bond acceptors (Lipinski definition) is 2. The third kappa shape index (κ3) is 3.46. The van der Waals surface area contributed by atoms with Crippen LogP contribution in [0.5, 0.6) is 5.75 Å². The van der Waals surface area contributed by atoms with Gasteiger partial charge >= 0.3 is 0 Å². The molecule has 0 bridgehead atoms. The van der Waals surface area contributed by atoms with Crippen LogP contribution in [0.25, 0.3) is 0 Å². The third-order valence-corrected chi connectivity index (χ3v) is 3.84. The van der Waals surface area contributed by atoms with Crippen LogP contribution in [0.2, 0.25) is 0 Å². The van der Waals surface area contributed by atoms with Gasteiger partial charge in [0, 0.05) is 0 Å². The summed E-state index contributed by atoms with van der Waals surface area (Å²) in [7, 11) is 0. The molecule has 1 unspecified atom stereocenters.